The second-order valence-electron chi connectivity index (χ2n) is 6.41. The molecule has 1 aromatic heterocycles. The van der Waals surface area contributed by atoms with E-state index in [-0.39, 0.29) is 28.9 Å². The lowest BCUT2D eigenvalue weighted by atomic mass is 10.2. The number of carbonyl (C=O) groups is 1. The molecule has 0 radical (unpaired) electrons. The van der Waals surface area contributed by atoms with Crippen LogP contribution in [0.25, 0.3) is 0 Å². The van der Waals surface area contributed by atoms with Crippen molar-refractivity contribution in [2.24, 2.45) is 0 Å². The average molecular weight is 499 g/mol. The van der Waals surface area contributed by atoms with Crippen molar-refractivity contribution in [3.63, 3.8) is 0 Å². The fraction of sp³-hybridized carbons (Fsp3) is 0.143. The molecule has 0 atom stereocenters. The van der Waals surface area contributed by atoms with Gasteiger partial charge in [-0.1, -0.05) is 23.7 Å². The molecule has 13 heteroatoms. The highest BCUT2D eigenvalue weighted by atomic mass is 35.5. The van der Waals surface area contributed by atoms with Crippen LogP contribution in [0, 0.1) is 10.1 Å². The zero-order chi connectivity index (χ0) is 24.9. The van der Waals surface area contributed by atoms with Crippen LogP contribution in [-0.4, -0.2) is 29.6 Å². The van der Waals surface area contributed by atoms with Crippen LogP contribution in [0.4, 0.5) is 18.9 Å². The Labute approximate surface area is 194 Å². The van der Waals surface area contributed by atoms with Crippen molar-refractivity contribution in [1.82, 2.24) is 4.98 Å². The number of carbonyl (C=O) groups excluding carboxylic acids is 1. The molecule has 0 saturated heterocycles. The minimum Gasteiger partial charge on any atom is -0.478 e. The number of aromatic nitrogens is 1. The van der Waals surface area contributed by atoms with E-state index in [1.807, 2.05) is 0 Å². The van der Waals surface area contributed by atoms with Gasteiger partial charge in [-0.25, -0.2) is 9.78 Å². The first-order valence-electron chi connectivity index (χ1n) is 9.24. The van der Waals surface area contributed by atoms with Crippen molar-refractivity contribution in [3.05, 3.63) is 75.4 Å². The lowest BCUT2D eigenvalue weighted by Crippen LogP contribution is -2.12. The minimum absolute atomic E-state index is 0.0392. The standard InChI is InChI=1S/C21H14ClF3N2O7/c1-31-19(28)11-32-16-4-2-3-5-17(16)34-18-9-13(6-7-15(18)27(29)30)33-20-14(22)8-12(10-26-20)21(23,24)25/h2-10H,11H2,1H3. The molecule has 0 spiro atoms. The van der Waals surface area contributed by atoms with Crippen molar-refractivity contribution in [3.8, 4) is 28.9 Å². The summed E-state index contributed by atoms with van der Waals surface area (Å²) in [5.74, 6) is -1.20. The number of nitro groups is 1. The SMILES string of the molecule is COC(=O)COc1ccccc1Oc1cc(Oc2ncc(C(F)(F)F)cc2Cl)ccc1[N+](=O)[O-]. The molecule has 34 heavy (non-hydrogen) atoms. The maximum Gasteiger partial charge on any atom is 0.417 e. The Hall–Kier alpha value is -4.06. The number of methoxy groups -OCH3 is 1. The summed E-state index contributed by atoms with van der Waals surface area (Å²) in [6.45, 7) is -0.430. The zero-order valence-electron chi connectivity index (χ0n) is 17.2. The van der Waals surface area contributed by atoms with E-state index in [0.29, 0.717) is 12.3 Å². The van der Waals surface area contributed by atoms with E-state index in [4.69, 9.17) is 25.8 Å². The van der Waals surface area contributed by atoms with E-state index >= 15 is 0 Å². The first-order valence-corrected chi connectivity index (χ1v) is 9.62. The number of halogens is 4. The third-order valence-electron chi connectivity index (χ3n) is 4.12. The van der Waals surface area contributed by atoms with Crippen LogP contribution < -0.4 is 14.2 Å². The van der Waals surface area contributed by atoms with Gasteiger partial charge in [0, 0.05) is 18.3 Å². The van der Waals surface area contributed by atoms with Crippen LogP contribution in [0.3, 0.4) is 0 Å². The Kier molecular flexibility index (Phi) is 7.41. The van der Waals surface area contributed by atoms with Gasteiger partial charge in [0.2, 0.25) is 11.6 Å². The topological polar surface area (TPSA) is 110 Å². The molecule has 0 amide bonds. The van der Waals surface area contributed by atoms with E-state index in [2.05, 4.69) is 9.72 Å². The van der Waals surface area contributed by atoms with Gasteiger partial charge in [-0.3, -0.25) is 10.1 Å². The number of hydrogen-bond donors (Lipinski definition) is 0. The smallest absolute Gasteiger partial charge is 0.417 e. The van der Waals surface area contributed by atoms with Gasteiger partial charge >= 0.3 is 17.8 Å². The van der Waals surface area contributed by atoms with Gasteiger partial charge in [0.05, 0.1) is 17.6 Å². The first-order chi connectivity index (χ1) is 16.1. The van der Waals surface area contributed by atoms with Crippen LogP contribution in [0.1, 0.15) is 5.56 Å². The molecule has 1 heterocycles. The number of alkyl halides is 3. The number of rotatable bonds is 8. The van der Waals surface area contributed by atoms with Crippen LogP contribution in [0.15, 0.2) is 54.7 Å². The van der Waals surface area contributed by atoms with E-state index in [0.717, 1.165) is 12.1 Å². The van der Waals surface area contributed by atoms with Gasteiger partial charge in [0.25, 0.3) is 0 Å². The van der Waals surface area contributed by atoms with Gasteiger partial charge < -0.3 is 18.9 Å². The molecule has 178 valence electrons. The summed E-state index contributed by atoms with van der Waals surface area (Å²) in [6, 6.07) is 10.1. The van der Waals surface area contributed by atoms with Crippen molar-refractivity contribution >= 4 is 23.3 Å². The lowest BCUT2D eigenvalue weighted by Gasteiger charge is -2.13. The van der Waals surface area contributed by atoms with E-state index in [9.17, 15) is 28.1 Å². The van der Waals surface area contributed by atoms with Crippen molar-refractivity contribution in [1.29, 1.82) is 0 Å². The predicted molar refractivity (Wildman–Crippen MR) is 111 cm³/mol. The third kappa shape index (κ3) is 6.04. The van der Waals surface area contributed by atoms with Crippen molar-refractivity contribution in [2.75, 3.05) is 13.7 Å². The first kappa shape index (κ1) is 24.6. The maximum atomic E-state index is 12.8. The van der Waals surface area contributed by atoms with Gasteiger partial charge in [-0.2, -0.15) is 13.2 Å². The fourth-order valence-electron chi connectivity index (χ4n) is 2.53. The second kappa shape index (κ2) is 10.3. The molecule has 0 fully saturated rings. The number of hydrogen-bond acceptors (Lipinski definition) is 8. The Morgan fingerprint density at radius 2 is 1.79 bits per heavy atom. The third-order valence-corrected chi connectivity index (χ3v) is 4.39. The highest BCUT2D eigenvalue weighted by molar-refractivity contribution is 6.31. The average Bonchev–Trinajstić information content (AvgIpc) is 2.79. The van der Waals surface area contributed by atoms with E-state index in [1.165, 1.54) is 25.3 Å². The van der Waals surface area contributed by atoms with Crippen LogP contribution in [0.5, 0.6) is 28.9 Å². The molecular weight excluding hydrogens is 485 g/mol. The highest BCUT2D eigenvalue weighted by Gasteiger charge is 2.32. The number of benzene rings is 2. The Morgan fingerprint density at radius 3 is 2.41 bits per heavy atom. The molecule has 3 aromatic rings. The van der Waals surface area contributed by atoms with Crippen LogP contribution in [-0.2, 0) is 15.7 Å². The molecule has 0 saturated carbocycles. The Bertz CT molecular complexity index is 1220. The summed E-state index contributed by atoms with van der Waals surface area (Å²) in [6.07, 6.45) is -4.11. The summed E-state index contributed by atoms with van der Waals surface area (Å²) in [5, 5.41) is 11.0. The highest BCUT2D eigenvalue weighted by Crippen LogP contribution is 2.40. The Morgan fingerprint density at radius 1 is 1.09 bits per heavy atom. The molecule has 0 aliphatic rings. The van der Waals surface area contributed by atoms with Crippen LogP contribution in [0.2, 0.25) is 5.02 Å². The number of nitrogens with zero attached hydrogens (tertiary/aromatic N) is 2. The molecule has 9 nitrogen and oxygen atoms in total. The number of nitro benzene ring substituents is 1. The maximum absolute atomic E-state index is 12.8. The van der Waals surface area contributed by atoms with Crippen LogP contribution >= 0.6 is 11.6 Å². The monoisotopic (exact) mass is 498 g/mol. The van der Waals surface area contributed by atoms with Gasteiger partial charge in [-0.15, -0.1) is 0 Å². The predicted octanol–water partition coefficient (Wildman–Crippen LogP) is 5.80. The lowest BCUT2D eigenvalue weighted by molar-refractivity contribution is -0.385. The number of esters is 1. The number of pyridine rings is 1. The number of ether oxygens (including phenoxy) is 4. The normalized spacial score (nSPS) is 11.0. The van der Waals surface area contributed by atoms with Gasteiger partial charge in [0.1, 0.15) is 10.8 Å². The molecule has 0 N–H and O–H groups in total. The summed E-state index contributed by atoms with van der Waals surface area (Å²) in [4.78, 5) is 25.7. The van der Waals surface area contributed by atoms with Crippen molar-refractivity contribution < 1.29 is 41.8 Å². The zero-order valence-corrected chi connectivity index (χ0v) is 17.9. The number of para-hydroxylation sites is 2. The fourth-order valence-corrected chi connectivity index (χ4v) is 2.73. The molecule has 0 aliphatic carbocycles. The summed E-state index contributed by atoms with van der Waals surface area (Å²) < 4.78 is 59.3. The van der Waals surface area contributed by atoms with Gasteiger partial charge in [0.15, 0.2) is 18.1 Å². The molecule has 3 rings (SSSR count). The summed E-state index contributed by atoms with van der Waals surface area (Å²) in [7, 11) is 1.18. The largest absolute Gasteiger partial charge is 0.478 e. The quantitative estimate of drug-likeness (QED) is 0.218. The molecule has 0 bridgehead atoms. The molecule has 0 aliphatic heterocycles. The molecule has 2 aromatic carbocycles. The van der Waals surface area contributed by atoms with Gasteiger partial charge in [-0.05, 0) is 24.3 Å². The minimum atomic E-state index is -4.65. The second-order valence-corrected chi connectivity index (χ2v) is 6.82. The van der Waals surface area contributed by atoms with E-state index < -0.39 is 39.9 Å². The van der Waals surface area contributed by atoms with Crippen molar-refractivity contribution in [2.45, 2.75) is 6.18 Å². The molecule has 0 unspecified atom stereocenters. The molecular formula is C21H14ClF3N2O7. The van der Waals surface area contributed by atoms with E-state index in [1.54, 1.807) is 12.1 Å². The Balaban J connectivity index is 1.90. The summed E-state index contributed by atoms with van der Waals surface area (Å²) >= 11 is 5.85. The summed E-state index contributed by atoms with van der Waals surface area (Å²) in [5.41, 5.74) is -1.51.